The average Bonchev–Trinajstić information content (AvgIpc) is 2.78. The van der Waals surface area contributed by atoms with Gasteiger partial charge in [-0.1, -0.05) is 6.92 Å². The summed E-state index contributed by atoms with van der Waals surface area (Å²) in [6, 6.07) is 3.53. The van der Waals surface area contributed by atoms with E-state index in [0.717, 1.165) is 30.0 Å². The van der Waals surface area contributed by atoms with Gasteiger partial charge >= 0.3 is 0 Å². The van der Waals surface area contributed by atoms with E-state index < -0.39 is 0 Å². The Morgan fingerprint density at radius 2 is 2.10 bits per heavy atom. The second-order valence-corrected chi connectivity index (χ2v) is 4.88. The van der Waals surface area contributed by atoms with Gasteiger partial charge in [0.15, 0.2) is 0 Å². The number of rotatable bonds is 5. The summed E-state index contributed by atoms with van der Waals surface area (Å²) < 4.78 is 1.70. The fraction of sp³-hybridized carbons (Fsp3) is 0.400. The third-order valence-electron chi connectivity index (χ3n) is 3.06. The highest BCUT2D eigenvalue weighted by Crippen LogP contribution is 2.16. The van der Waals surface area contributed by atoms with Crippen molar-refractivity contribution in [3.63, 3.8) is 0 Å². The number of pyridine rings is 1. The Morgan fingerprint density at radius 1 is 1.33 bits per heavy atom. The summed E-state index contributed by atoms with van der Waals surface area (Å²) in [6.45, 7) is 6.64. The summed E-state index contributed by atoms with van der Waals surface area (Å²) >= 11 is 0. The van der Waals surface area contributed by atoms with E-state index in [9.17, 15) is 4.79 Å². The molecule has 2 N–H and O–H groups in total. The molecule has 0 atom stereocenters. The van der Waals surface area contributed by atoms with Crippen LogP contribution in [0.1, 0.15) is 35.6 Å². The van der Waals surface area contributed by atoms with Crippen LogP contribution in [0.25, 0.3) is 0 Å². The number of amides is 1. The molecule has 112 valence electrons. The third-order valence-corrected chi connectivity index (χ3v) is 3.06. The zero-order valence-corrected chi connectivity index (χ0v) is 12.9. The van der Waals surface area contributed by atoms with Gasteiger partial charge in [0.2, 0.25) is 0 Å². The number of nitrogens with zero attached hydrogens (tertiary/aromatic N) is 3. The number of hydrogen-bond donors (Lipinski definition) is 2. The fourth-order valence-corrected chi connectivity index (χ4v) is 2.17. The van der Waals surface area contributed by atoms with Crippen LogP contribution in [0.3, 0.4) is 0 Å². The number of hydrogen-bond acceptors (Lipinski definition) is 4. The van der Waals surface area contributed by atoms with Gasteiger partial charge in [-0.05, 0) is 32.4 Å². The molecule has 0 aliphatic rings. The second kappa shape index (κ2) is 6.39. The van der Waals surface area contributed by atoms with Crippen LogP contribution in [0.4, 0.5) is 11.5 Å². The first-order valence-electron chi connectivity index (χ1n) is 7.10. The Hall–Kier alpha value is -2.37. The molecular formula is C15H21N5O. The van der Waals surface area contributed by atoms with Crippen molar-refractivity contribution in [2.24, 2.45) is 7.05 Å². The number of aryl methyl sites for hydroxylation is 3. The quantitative estimate of drug-likeness (QED) is 0.885. The molecule has 0 spiro atoms. The first kappa shape index (κ1) is 15.0. The van der Waals surface area contributed by atoms with E-state index >= 15 is 0 Å². The van der Waals surface area contributed by atoms with Crippen LogP contribution in [0, 0.1) is 6.92 Å². The van der Waals surface area contributed by atoms with Crippen molar-refractivity contribution in [2.75, 3.05) is 17.2 Å². The van der Waals surface area contributed by atoms with Gasteiger partial charge < -0.3 is 10.6 Å². The Balaban J connectivity index is 2.23. The van der Waals surface area contributed by atoms with E-state index in [1.807, 2.05) is 34.0 Å². The molecule has 2 aromatic heterocycles. The van der Waals surface area contributed by atoms with Crippen molar-refractivity contribution < 1.29 is 4.79 Å². The number of anilines is 2. The highest BCUT2D eigenvalue weighted by molar-refractivity contribution is 6.05. The van der Waals surface area contributed by atoms with E-state index in [1.165, 1.54) is 0 Å². The van der Waals surface area contributed by atoms with Crippen LogP contribution in [0.5, 0.6) is 0 Å². The highest BCUT2D eigenvalue weighted by Gasteiger charge is 2.13. The molecule has 0 fully saturated rings. The smallest absolute Gasteiger partial charge is 0.255 e. The van der Waals surface area contributed by atoms with E-state index in [-0.39, 0.29) is 5.91 Å². The summed E-state index contributed by atoms with van der Waals surface area (Å²) in [4.78, 5) is 16.7. The molecule has 0 bridgehead atoms. The van der Waals surface area contributed by atoms with Gasteiger partial charge in [-0.3, -0.25) is 9.48 Å². The van der Waals surface area contributed by atoms with Crippen molar-refractivity contribution >= 4 is 17.4 Å². The average molecular weight is 287 g/mol. The molecule has 0 radical (unpaired) electrons. The summed E-state index contributed by atoms with van der Waals surface area (Å²) in [6.07, 6.45) is 2.59. The highest BCUT2D eigenvalue weighted by atomic mass is 16.1. The van der Waals surface area contributed by atoms with Crippen molar-refractivity contribution in [3.8, 4) is 0 Å². The lowest BCUT2D eigenvalue weighted by molar-refractivity contribution is 0.102. The Labute approximate surface area is 124 Å². The van der Waals surface area contributed by atoms with E-state index in [2.05, 4.69) is 20.7 Å². The summed E-state index contributed by atoms with van der Waals surface area (Å²) in [5, 5.41) is 10.4. The number of nitrogens with one attached hydrogen (secondary N) is 2. The van der Waals surface area contributed by atoms with Crippen LogP contribution >= 0.6 is 0 Å². The Bertz CT molecular complexity index is 648. The number of carbonyl (C=O) groups is 1. The van der Waals surface area contributed by atoms with E-state index in [0.29, 0.717) is 11.4 Å². The summed E-state index contributed by atoms with van der Waals surface area (Å²) in [7, 11) is 1.84. The third kappa shape index (κ3) is 3.59. The van der Waals surface area contributed by atoms with Crippen molar-refractivity contribution in [2.45, 2.75) is 27.2 Å². The molecule has 0 unspecified atom stereocenters. The minimum absolute atomic E-state index is 0.151. The molecule has 0 saturated heterocycles. The minimum Gasteiger partial charge on any atom is -0.370 e. The molecule has 1 amide bonds. The minimum atomic E-state index is -0.151. The molecule has 0 aliphatic heterocycles. The predicted molar refractivity (Wildman–Crippen MR) is 83.7 cm³/mol. The summed E-state index contributed by atoms with van der Waals surface area (Å²) in [5.41, 5.74) is 3.03. The predicted octanol–water partition coefficient (Wildman–Crippen LogP) is 2.37. The van der Waals surface area contributed by atoms with Gasteiger partial charge in [0.25, 0.3) is 5.91 Å². The van der Waals surface area contributed by atoms with Crippen LogP contribution in [-0.4, -0.2) is 27.2 Å². The largest absolute Gasteiger partial charge is 0.370 e. The lowest BCUT2D eigenvalue weighted by Gasteiger charge is -2.08. The van der Waals surface area contributed by atoms with Gasteiger partial charge in [0.05, 0.1) is 11.4 Å². The van der Waals surface area contributed by atoms with Crippen molar-refractivity contribution in [3.05, 3.63) is 35.3 Å². The normalized spacial score (nSPS) is 10.5. The molecular weight excluding hydrogens is 266 g/mol. The number of aromatic nitrogens is 3. The van der Waals surface area contributed by atoms with Crippen LogP contribution in [-0.2, 0) is 13.5 Å². The fourth-order valence-electron chi connectivity index (χ4n) is 2.17. The van der Waals surface area contributed by atoms with Crippen LogP contribution in [0.15, 0.2) is 18.3 Å². The second-order valence-electron chi connectivity index (χ2n) is 4.88. The lowest BCUT2D eigenvalue weighted by Crippen LogP contribution is -2.14. The van der Waals surface area contributed by atoms with Crippen LogP contribution < -0.4 is 10.6 Å². The SMILES string of the molecule is CCNc1cc(C(=O)Nc2cn(C)nc2CC)cc(C)n1. The molecule has 21 heavy (non-hydrogen) atoms. The maximum absolute atomic E-state index is 12.4. The van der Waals surface area contributed by atoms with Crippen molar-refractivity contribution in [1.29, 1.82) is 0 Å². The first-order chi connectivity index (χ1) is 10.0. The van der Waals surface area contributed by atoms with Gasteiger partial charge in [0.1, 0.15) is 5.82 Å². The lowest BCUT2D eigenvalue weighted by atomic mass is 10.2. The van der Waals surface area contributed by atoms with Gasteiger partial charge in [-0.2, -0.15) is 5.10 Å². The monoisotopic (exact) mass is 287 g/mol. The number of carbonyl (C=O) groups excluding carboxylic acids is 1. The maximum Gasteiger partial charge on any atom is 0.255 e. The first-order valence-corrected chi connectivity index (χ1v) is 7.10. The molecule has 2 rings (SSSR count). The van der Waals surface area contributed by atoms with Gasteiger partial charge in [0, 0.05) is 31.0 Å². The molecule has 6 nitrogen and oxygen atoms in total. The van der Waals surface area contributed by atoms with Crippen molar-refractivity contribution in [1.82, 2.24) is 14.8 Å². The van der Waals surface area contributed by atoms with Gasteiger partial charge in [-0.15, -0.1) is 0 Å². The molecule has 0 aromatic carbocycles. The maximum atomic E-state index is 12.4. The zero-order valence-electron chi connectivity index (χ0n) is 12.9. The Morgan fingerprint density at radius 3 is 2.76 bits per heavy atom. The van der Waals surface area contributed by atoms with E-state index in [4.69, 9.17) is 0 Å². The summed E-state index contributed by atoms with van der Waals surface area (Å²) in [5.74, 6) is 0.562. The van der Waals surface area contributed by atoms with E-state index in [1.54, 1.807) is 16.8 Å². The molecule has 0 aliphatic carbocycles. The zero-order chi connectivity index (χ0) is 15.4. The Kier molecular flexibility index (Phi) is 4.57. The molecule has 2 heterocycles. The van der Waals surface area contributed by atoms with Crippen LogP contribution in [0.2, 0.25) is 0 Å². The molecule has 2 aromatic rings. The standard InChI is InChI=1S/C15H21N5O/c1-5-12-13(9-20(4)19-12)18-15(21)11-7-10(3)17-14(8-11)16-6-2/h7-9H,5-6H2,1-4H3,(H,16,17)(H,18,21). The van der Waals surface area contributed by atoms with Gasteiger partial charge in [-0.25, -0.2) is 4.98 Å². The molecule has 6 heteroatoms. The topological polar surface area (TPSA) is 71.8 Å². The molecule has 0 saturated carbocycles.